The number of nitrogens with zero attached hydrogens (tertiary/aromatic N) is 1. The van der Waals surface area contributed by atoms with Crippen LogP contribution < -0.4 is 0 Å². The quantitative estimate of drug-likeness (QED) is 0.803. The first-order chi connectivity index (χ1) is 9.33. The van der Waals surface area contributed by atoms with Crippen molar-refractivity contribution in [2.75, 3.05) is 19.8 Å². The molecule has 0 aromatic heterocycles. The Hall–Kier alpha value is -1.34. The van der Waals surface area contributed by atoms with Crippen LogP contribution in [0.1, 0.15) is 30.4 Å². The third-order valence-electron chi connectivity index (χ3n) is 3.49. The molecule has 0 spiro atoms. The van der Waals surface area contributed by atoms with Gasteiger partial charge in [0.2, 0.25) is 0 Å². The molecule has 1 fully saturated rings. The summed E-state index contributed by atoms with van der Waals surface area (Å²) in [4.78, 5) is 2.33. The molecular weight excluding hydrogens is 238 g/mol. The predicted octanol–water partition coefficient (Wildman–Crippen LogP) is 1.38. The third-order valence-corrected chi connectivity index (χ3v) is 3.49. The fourth-order valence-corrected chi connectivity index (χ4v) is 2.51. The summed E-state index contributed by atoms with van der Waals surface area (Å²) in [7, 11) is 0. The Labute approximate surface area is 114 Å². The highest BCUT2D eigenvalue weighted by Crippen LogP contribution is 2.19. The SMILES string of the molecule is OCCC#Cc1cccc(CN2CCCC2CO)c1. The minimum absolute atomic E-state index is 0.110. The van der Waals surface area contributed by atoms with Crippen LogP contribution in [0.2, 0.25) is 0 Å². The maximum absolute atomic E-state index is 9.32. The summed E-state index contributed by atoms with van der Waals surface area (Å²) >= 11 is 0. The van der Waals surface area contributed by atoms with Gasteiger partial charge in [-0.05, 0) is 37.1 Å². The lowest BCUT2D eigenvalue weighted by molar-refractivity contribution is 0.153. The van der Waals surface area contributed by atoms with Gasteiger partial charge in [-0.2, -0.15) is 0 Å². The van der Waals surface area contributed by atoms with Gasteiger partial charge in [0.05, 0.1) is 13.2 Å². The summed E-state index contributed by atoms with van der Waals surface area (Å²) in [6, 6.07) is 8.51. The van der Waals surface area contributed by atoms with Crippen molar-refractivity contribution in [1.29, 1.82) is 0 Å². The van der Waals surface area contributed by atoms with E-state index in [-0.39, 0.29) is 13.2 Å². The zero-order valence-corrected chi connectivity index (χ0v) is 11.2. The van der Waals surface area contributed by atoms with E-state index >= 15 is 0 Å². The molecule has 0 radical (unpaired) electrons. The number of aliphatic hydroxyl groups excluding tert-OH is 2. The second-order valence-electron chi connectivity index (χ2n) is 4.92. The zero-order chi connectivity index (χ0) is 13.5. The van der Waals surface area contributed by atoms with Crippen LogP contribution in [-0.4, -0.2) is 40.9 Å². The largest absolute Gasteiger partial charge is 0.395 e. The highest BCUT2D eigenvalue weighted by atomic mass is 16.3. The average Bonchev–Trinajstić information content (AvgIpc) is 2.87. The molecule has 1 atom stereocenters. The van der Waals surface area contributed by atoms with Gasteiger partial charge in [-0.25, -0.2) is 0 Å². The van der Waals surface area contributed by atoms with Gasteiger partial charge in [0, 0.05) is 24.6 Å². The highest BCUT2D eigenvalue weighted by molar-refractivity contribution is 5.37. The topological polar surface area (TPSA) is 43.7 Å². The zero-order valence-electron chi connectivity index (χ0n) is 11.2. The molecule has 0 bridgehead atoms. The van der Waals surface area contributed by atoms with Crippen molar-refractivity contribution in [2.45, 2.75) is 31.8 Å². The van der Waals surface area contributed by atoms with Crippen LogP contribution in [0.5, 0.6) is 0 Å². The smallest absolute Gasteiger partial charge is 0.0587 e. The minimum Gasteiger partial charge on any atom is -0.395 e. The van der Waals surface area contributed by atoms with Gasteiger partial charge in [0.25, 0.3) is 0 Å². The van der Waals surface area contributed by atoms with Crippen molar-refractivity contribution < 1.29 is 10.2 Å². The molecule has 102 valence electrons. The molecule has 0 saturated carbocycles. The van der Waals surface area contributed by atoms with Crippen LogP contribution in [0, 0.1) is 11.8 Å². The molecular formula is C16H21NO2. The van der Waals surface area contributed by atoms with Gasteiger partial charge >= 0.3 is 0 Å². The maximum atomic E-state index is 9.32. The van der Waals surface area contributed by atoms with E-state index in [0.29, 0.717) is 12.5 Å². The van der Waals surface area contributed by atoms with Crippen molar-refractivity contribution in [1.82, 2.24) is 4.90 Å². The molecule has 1 unspecified atom stereocenters. The second kappa shape index (κ2) is 7.30. The van der Waals surface area contributed by atoms with Crippen LogP contribution in [0.25, 0.3) is 0 Å². The molecule has 3 nitrogen and oxygen atoms in total. The van der Waals surface area contributed by atoms with Crippen molar-refractivity contribution in [3.05, 3.63) is 35.4 Å². The number of hydrogen-bond acceptors (Lipinski definition) is 3. The number of aliphatic hydroxyl groups is 2. The normalized spacial score (nSPS) is 19.2. The first kappa shape index (κ1) is 14.1. The first-order valence-electron chi connectivity index (χ1n) is 6.87. The van der Waals surface area contributed by atoms with Gasteiger partial charge < -0.3 is 10.2 Å². The Bertz CT molecular complexity index is 461. The number of likely N-dealkylation sites (tertiary alicyclic amines) is 1. The van der Waals surface area contributed by atoms with E-state index in [2.05, 4.69) is 28.9 Å². The number of rotatable bonds is 4. The summed E-state index contributed by atoms with van der Waals surface area (Å²) in [6.07, 6.45) is 2.77. The van der Waals surface area contributed by atoms with E-state index in [4.69, 9.17) is 5.11 Å². The van der Waals surface area contributed by atoms with E-state index < -0.39 is 0 Å². The lowest BCUT2D eigenvalue weighted by Gasteiger charge is -2.22. The summed E-state index contributed by atoms with van der Waals surface area (Å²) in [6.45, 7) is 2.29. The molecule has 1 aliphatic rings. The first-order valence-corrected chi connectivity index (χ1v) is 6.87. The van der Waals surface area contributed by atoms with Crippen LogP contribution in [-0.2, 0) is 6.54 Å². The Morgan fingerprint density at radius 2 is 2.21 bits per heavy atom. The number of hydrogen-bond donors (Lipinski definition) is 2. The molecule has 2 rings (SSSR count). The molecule has 3 heteroatoms. The molecule has 0 amide bonds. The van der Waals surface area contributed by atoms with Gasteiger partial charge in [-0.15, -0.1) is 0 Å². The van der Waals surface area contributed by atoms with Crippen LogP contribution in [0.15, 0.2) is 24.3 Å². The van der Waals surface area contributed by atoms with Crippen LogP contribution in [0.3, 0.4) is 0 Å². The fraction of sp³-hybridized carbons (Fsp3) is 0.500. The van der Waals surface area contributed by atoms with E-state index in [0.717, 1.165) is 25.1 Å². The van der Waals surface area contributed by atoms with Crippen molar-refractivity contribution in [3.63, 3.8) is 0 Å². The number of benzene rings is 1. The average molecular weight is 259 g/mol. The molecule has 1 aromatic rings. The molecule has 19 heavy (non-hydrogen) atoms. The van der Waals surface area contributed by atoms with Gasteiger partial charge in [-0.1, -0.05) is 24.0 Å². The Balaban J connectivity index is 2.01. The molecule has 1 aromatic carbocycles. The fourth-order valence-electron chi connectivity index (χ4n) is 2.51. The lowest BCUT2D eigenvalue weighted by atomic mass is 10.1. The van der Waals surface area contributed by atoms with Crippen LogP contribution >= 0.6 is 0 Å². The summed E-state index contributed by atoms with van der Waals surface area (Å²) in [5, 5.41) is 18.0. The predicted molar refractivity (Wildman–Crippen MR) is 75.5 cm³/mol. The van der Waals surface area contributed by atoms with E-state index in [1.807, 2.05) is 12.1 Å². The monoisotopic (exact) mass is 259 g/mol. The van der Waals surface area contributed by atoms with E-state index in [1.165, 1.54) is 12.0 Å². The lowest BCUT2D eigenvalue weighted by Crippen LogP contribution is -2.31. The summed E-state index contributed by atoms with van der Waals surface area (Å²) < 4.78 is 0. The second-order valence-corrected chi connectivity index (χ2v) is 4.92. The van der Waals surface area contributed by atoms with Crippen LogP contribution in [0.4, 0.5) is 0 Å². The summed E-state index contributed by atoms with van der Waals surface area (Å²) in [5.41, 5.74) is 2.22. The van der Waals surface area contributed by atoms with E-state index in [1.54, 1.807) is 0 Å². The Morgan fingerprint density at radius 1 is 1.32 bits per heavy atom. The molecule has 0 aliphatic carbocycles. The molecule has 1 aliphatic heterocycles. The van der Waals surface area contributed by atoms with Gasteiger partial charge in [-0.3, -0.25) is 4.90 Å². The maximum Gasteiger partial charge on any atom is 0.0587 e. The molecule has 1 saturated heterocycles. The Morgan fingerprint density at radius 3 is 3.00 bits per heavy atom. The Kier molecular flexibility index (Phi) is 5.41. The van der Waals surface area contributed by atoms with Crippen molar-refractivity contribution in [2.24, 2.45) is 0 Å². The highest BCUT2D eigenvalue weighted by Gasteiger charge is 2.23. The van der Waals surface area contributed by atoms with Crippen molar-refractivity contribution >= 4 is 0 Å². The minimum atomic E-state index is 0.110. The standard InChI is InChI=1S/C16H21NO2/c18-10-2-1-5-14-6-3-7-15(11-14)12-17-9-4-8-16(17)13-19/h3,6-7,11,16,18-19H,2,4,8-10,12-13H2. The molecule has 1 heterocycles. The van der Waals surface area contributed by atoms with Crippen molar-refractivity contribution in [3.8, 4) is 11.8 Å². The van der Waals surface area contributed by atoms with Gasteiger partial charge in [0.15, 0.2) is 0 Å². The molecule has 2 N–H and O–H groups in total. The summed E-state index contributed by atoms with van der Waals surface area (Å²) in [5.74, 6) is 6.00. The third kappa shape index (κ3) is 4.07. The van der Waals surface area contributed by atoms with E-state index in [9.17, 15) is 5.11 Å². The van der Waals surface area contributed by atoms with Gasteiger partial charge in [0.1, 0.15) is 0 Å².